The second kappa shape index (κ2) is 34.7. The minimum Gasteiger partial charge on any atom is -1.00 e. The van der Waals surface area contributed by atoms with Crippen molar-refractivity contribution in [1.82, 2.24) is 0 Å². The van der Waals surface area contributed by atoms with E-state index in [1.165, 1.54) is 28.7 Å². The summed E-state index contributed by atoms with van der Waals surface area (Å²) < 4.78 is 85.5. The molecule has 0 unspecified atom stereocenters. The summed E-state index contributed by atoms with van der Waals surface area (Å²) in [5.41, 5.74) is 0. The van der Waals surface area contributed by atoms with Crippen LogP contribution in [0.25, 0.3) is 0 Å². The number of aromatic hydroxyl groups is 2. The van der Waals surface area contributed by atoms with Gasteiger partial charge in [-0.1, -0.05) is 56.5 Å². The van der Waals surface area contributed by atoms with Crippen LogP contribution in [0.2, 0.25) is 0 Å². The van der Waals surface area contributed by atoms with Crippen molar-refractivity contribution in [3.8, 4) is 23.0 Å². The van der Waals surface area contributed by atoms with Gasteiger partial charge in [0.1, 0.15) is 0 Å². The first-order valence-electron chi connectivity index (χ1n) is 10.7. The van der Waals surface area contributed by atoms with Gasteiger partial charge in [0.05, 0.1) is 13.2 Å². The molecule has 16 heteroatoms. The maximum Gasteiger partial charge on any atom is 1.00 e. The molecule has 0 atom stereocenters. The van der Waals surface area contributed by atoms with Crippen LogP contribution in [0.3, 0.4) is 0 Å². The molecule has 0 aliphatic heterocycles. The smallest absolute Gasteiger partial charge is 1.00 e. The zero-order chi connectivity index (χ0) is 30.4. The van der Waals surface area contributed by atoms with Gasteiger partial charge in [0.25, 0.3) is 6.47 Å². The monoisotopic (exact) mass is 790 g/mol. The van der Waals surface area contributed by atoms with Crippen molar-refractivity contribution in [2.75, 3.05) is 17.6 Å². The van der Waals surface area contributed by atoms with Crippen LogP contribution in [0, 0.1) is 34.9 Å². The van der Waals surface area contributed by atoms with Gasteiger partial charge in [0.15, 0.2) is 40.4 Å². The van der Waals surface area contributed by atoms with E-state index in [0.717, 1.165) is 24.3 Å². The second-order valence-electron chi connectivity index (χ2n) is 6.16. The first-order chi connectivity index (χ1) is 18.5. The predicted octanol–water partition coefficient (Wildman–Crippen LogP) is 1.37. The summed E-state index contributed by atoms with van der Waals surface area (Å²) in [6.07, 6.45) is 0. The van der Waals surface area contributed by atoms with Crippen LogP contribution in [0.15, 0.2) is 48.5 Å². The van der Waals surface area contributed by atoms with E-state index in [-0.39, 0.29) is 144 Å². The molecule has 0 aromatic heterocycles. The molecule has 0 bridgehead atoms. The van der Waals surface area contributed by atoms with Crippen LogP contribution in [0.5, 0.6) is 23.0 Å². The molecule has 3 aromatic carbocycles. The molecule has 0 saturated heterocycles. The zero-order valence-electron chi connectivity index (χ0n) is 23.9. The van der Waals surface area contributed by atoms with E-state index in [4.69, 9.17) is 29.7 Å². The van der Waals surface area contributed by atoms with Gasteiger partial charge in [-0.05, 0) is 54.7 Å². The number of rotatable bonds is 5. The van der Waals surface area contributed by atoms with Crippen molar-refractivity contribution in [3.63, 3.8) is 0 Å². The Labute approximate surface area is 348 Å². The summed E-state index contributed by atoms with van der Waals surface area (Å²) in [7, 11) is 0. The molecule has 0 heterocycles. The predicted molar refractivity (Wildman–Crippen MR) is 151 cm³/mol. The molecule has 3 rings (SSSR count). The Balaban J connectivity index is -0.0000000806. The molecule has 236 valence electrons. The number of benzene rings is 3. The summed E-state index contributed by atoms with van der Waals surface area (Å²) in [4.78, 5) is 11.2. The van der Waals surface area contributed by atoms with Crippen LogP contribution in [0.1, 0.15) is 37.1 Å². The molecule has 0 spiro atoms. The third-order valence-electron chi connectivity index (χ3n) is 3.51. The number of phenols is 2. The average molecular weight is 791 g/mol. The fraction of sp³-hybridized carbons (Fsp3) is 0.296. The second-order valence-corrected chi connectivity index (χ2v) is 7.69. The molecular formula is C27H35F6IK2O7. The largest absolute Gasteiger partial charge is 1.00 e. The number of hydrogen-bond acceptors (Lipinski definition) is 7. The normalized spacial score (nSPS) is 8.16. The molecule has 0 fully saturated rings. The van der Waals surface area contributed by atoms with Crippen LogP contribution in [0.4, 0.5) is 26.3 Å². The van der Waals surface area contributed by atoms with Crippen molar-refractivity contribution in [1.29, 1.82) is 0 Å². The van der Waals surface area contributed by atoms with Gasteiger partial charge in [-0.2, -0.15) is 17.6 Å². The Kier molecular flexibility index (Phi) is 44.7. The van der Waals surface area contributed by atoms with Crippen LogP contribution in [-0.4, -0.2) is 34.3 Å². The van der Waals surface area contributed by atoms with Crippen LogP contribution >= 0.6 is 22.6 Å². The van der Waals surface area contributed by atoms with E-state index in [0.29, 0.717) is 6.61 Å². The van der Waals surface area contributed by atoms with Crippen molar-refractivity contribution < 1.29 is 165 Å². The molecule has 0 saturated carbocycles. The summed E-state index contributed by atoms with van der Waals surface area (Å²) in [6.45, 7) is 5.89. The summed E-state index contributed by atoms with van der Waals surface area (Å²) in [6, 6.07) is 9.32. The molecular weight excluding hydrogens is 755 g/mol. The van der Waals surface area contributed by atoms with Crippen molar-refractivity contribution >= 4 is 29.1 Å². The molecule has 7 nitrogen and oxygen atoms in total. The Morgan fingerprint density at radius 2 is 1.09 bits per heavy atom. The number of alkyl halides is 1. The van der Waals surface area contributed by atoms with Crippen molar-refractivity contribution in [2.24, 2.45) is 0 Å². The molecule has 43 heavy (non-hydrogen) atoms. The molecule has 0 aliphatic carbocycles. The minimum atomic E-state index is -1.28. The van der Waals surface area contributed by atoms with E-state index < -0.39 is 46.4 Å². The van der Waals surface area contributed by atoms with Crippen LogP contribution in [-0.2, 0) is 9.68 Å². The van der Waals surface area contributed by atoms with E-state index in [1.54, 1.807) is 13.8 Å². The third kappa shape index (κ3) is 24.7. The quantitative estimate of drug-likeness (QED) is 0.0766. The summed E-state index contributed by atoms with van der Waals surface area (Å²) in [5, 5.41) is 25.6. The molecule has 0 aliphatic rings. The topological polar surface area (TPSA) is 108 Å². The standard InChI is InChI=1S/C8H8F2O2.C8H8F2O.C6H4F2O.C2H5I.CH2O3.2CH4.2K.H/c1-2-12-6-4-3-5(11)7(9)8(6)10;1-2-11-7-5-3-4-6(9)8(7)10;7-4-2-1-3-5(9)6(4)8;1-2-3;2-1-4-3;;;;;/h3-4,11H,2H2,1H3;3-5H,2H2,1H3;1-3,9H;2H2,1H3;1,3H;2*1H4;;;/q;;;;;;;2*+1;-1/p-1. The Morgan fingerprint density at radius 3 is 1.47 bits per heavy atom. The number of hydrogen-bond donors (Lipinski definition) is 2. The SMILES string of the molecule is C.C.CCI.CCOc1ccc(O)c(F)c1F.CCOc1cccc(F)c1F.O=CO[O-].Oc1cccc(F)c1F.[H-].[K+].[K+]. The average Bonchev–Trinajstić information content (AvgIpc) is 2.92. The number of carbonyl (C=O) groups excluding carboxylic acids is 1. The Morgan fingerprint density at radius 1 is 0.721 bits per heavy atom. The van der Waals surface area contributed by atoms with Gasteiger partial charge in [-0.15, -0.1) is 0 Å². The number of phenolic OH excluding ortho intramolecular Hbond substituents is 2. The molecule has 0 radical (unpaired) electrons. The zero-order valence-corrected chi connectivity index (χ0v) is 31.3. The maximum absolute atomic E-state index is 12.8. The molecule has 2 N–H and O–H groups in total. The van der Waals surface area contributed by atoms with Gasteiger partial charge < -0.3 is 31.3 Å². The number of carbonyl (C=O) groups is 1. The Hall–Kier alpha value is -0.127. The van der Waals surface area contributed by atoms with Gasteiger partial charge in [0, 0.05) is 0 Å². The maximum atomic E-state index is 12.8. The van der Waals surface area contributed by atoms with E-state index in [2.05, 4.69) is 34.4 Å². The van der Waals surface area contributed by atoms with E-state index >= 15 is 0 Å². The van der Waals surface area contributed by atoms with E-state index in [9.17, 15) is 26.3 Å². The van der Waals surface area contributed by atoms with Gasteiger partial charge in [0.2, 0.25) is 17.5 Å². The summed E-state index contributed by atoms with van der Waals surface area (Å²) >= 11 is 2.29. The van der Waals surface area contributed by atoms with Crippen LogP contribution < -0.4 is 118 Å². The van der Waals surface area contributed by atoms with E-state index in [1.807, 2.05) is 0 Å². The minimum absolute atomic E-state index is 0. The number of ether oxygens (including phenoxy) is 2. The number of halogens is 7. The fourth-order valence-corrected chi connectivity index (χ4v) is 2.03. The van der Waals surface area contributed by atoms with Gasteiger partial charge >= 0.3 is 103 Å². The summed E-state index contributed by atoms with van der Waals surface area (Å²) in [5.74, 6) is -8.05. The fourth-order valence-electron chi connectivity index (χ4n) is 2.03. The van der Waals surface area contributed by atoms with Crippen molar-refractivity contribution in [2.45, 2.75) is 35.6 Å². The molecule has 0 amide bonds. The third-order valence-corrected chi connectivity index (χ3v) is 3.51. The van der Waals surface area contributed by atoms with Gasteiger partial charge in [-0.3, -0.25) is 4.79 Å². The van der Waals surface area contributed by atoms with Crippen molar-refractivity contribution in [3.05, 3.63) is 83.4 Å². The molecule has 3 aromatic rings. The Bertz CT molecular complexity index is 1110. The van der Waals surface area contributed by atoms with Gasteiger partial charge in [-0.25, -0.2) is 8.78 Å². The first-order valence-corrected chi connectivity index (χ1v) is 12.3. The first kappa shape index (κ1) is 55.3.